The van der Waals surface area contributed by atoms with Gasteiger partial charge in [0.15, 0.2) is 17.7 Å². The van der Waals surface area contributed by atoms with Gasteiger partial charge in [-0.05, 0) is 0 Å². The Morgan fingerprint density at radius 2 is 2.28 bits per heavy atom. The lowest BCUT2D eigenvalue weighted by molar-refractivity contribution is 0.0685. The molecule has 0 aliphatic heterocycles. The van der Waals surface area contributed by atoms with Gasteiger partial charge in [-0.1, -0.05) is 5.16 Å². The number of aromatic amines is 1. The molecule has 0 fully saturated rings. The number of nitrogens with one attached hydrogen (secondary N) is 2. The van der Waals surface area contributed by atoms with Crippen LogP contribution >= 0.6 is 0 Å². The number of rotatable bonds is 5. The zero-order chi connectivity index (χ0) is 13.0. The standard InChI is InChI=1S/C9H9N5O4/c15-8(6-7(9(16)17)13-3-12-6)10-2-1-5-11-4-14-18-5/h3-4H,1-2H2,(H,10,15)(H,12,13)(H,16,17). The van der Waals surface area contributed by atoms with Crippen molar-refractivity contribution in [1.82, 2.24) is 25.4 Å². The maximum atomic E-state index is 11.6. The van der Waals surface area contributed by atoms with Crippen LogP contribution in [0.25, 0.3) is 0 Å². The first-order valence-corrected chi connectivity index (χ1v) is 4.99. The second kappa shape index (κ2) is 5.08. The molecule has 0 radical (unpaired) electrons. The number of carboxylic acid groups (broad SMARTS) is 1. The zero-order valence-electron chi connectivity index (χ0n) is 9.08. The van der Waals surface area contributed by atoms with Crippen molar-refractivity contribution in [3.05, 3.63) is 29.9 Å². The van der Waals surface area contributed by atoms with Gasteiger partial charge >= 0.3 is 5.97 Å². The number of aromatic nitrogens is 4. The Morgan fingerprint density at radius 3 is 2.94 bits per heavy atom. The smallest absolute Gasteiger partial charge is 0.354 e. The van der Waals surface area contributed by atoms with E-state index in [1.165, 1.54) is 6.33 Å². The first-order valence-electron chi connectivity index (χ1n) is 4.99. The van der Waals surface area contributed by atoms with E-state index in [4.69, 9.17) is 9.63 Å². The zero-order valence-corrected chi connectivity index (χ0v) is 9.08. The third-order valence-electron chi connectivity index (χ3n) is 2.10. The van der Waals surface area contributed by atoms with Crippen LogP contribution < -0.4 is 5.32 Å². The van der Waals surface area contributed by atoms with E-state index in [1.54, 1.807) is 0 Å². The van der Waals surface area contributed by atoms with E-state index in [0.29, 0.717) is 12.3 Å². The highest BCUT2D eigenvalue weighted by Crippen LogP contribution is 2.02. The van der Waals surface area contributed by atoms with Crippen molar-refractivity contribution < 1.29 is 19.2 Å². The van der Waals surface area contributed by atoms with Crippen LogP contribution in [-0.2, 0) is 6.42 Å². The summed E-state index contributed by atoms with van der Waals surface area (Å²) in [5.41, 5.74) is -0.404. The number of carbonyl (C=O) groups excluding carboxylic acids is 1. The molecule has 0 aliphatic rings. The molecule has 2 aromatic rings. The average Bonchev–Trinajstić information content (AvgIpc) is 2.99. The molecular weight excluding hydrogens is 242 g/mol. The van der Waals surface area contributed by atoms with Crippen molar-refractivity contribution in [2.45, 2.75) is 6.42 Å². The van der Waals surface area contributed by atoms with Crippen LogP contribution in [0.3, 0.4) is 0 Å². The fraction of sp³-hybridized carbons (Fsp3) is 0.222. The van der Waals surface area contributed by atoms with Gasteiger partial charge < -0.3 is 19.9 Å². The van der Waals surface area contributed by atoms with Gasteiger partial charge in [0.1, 0.15) is 0 Å². The van der Waals surface area contributed by atoms with Gasteiger partial charge in [-0.2, -0.15) is 4.98 Å². The summed E-state index contributed by atoms with van der Waals surface area (Å²) in [5.74, 6) is -1.43. The quantitative estimate of drug-likeness (QED) is 0.649. The van der Waals surface area contributed by atoms with Crippen molar-refractivity contribution in [1.29, 1.82) is 0 Å². The molecule has 0 unspecified atom stereocenters. The summed E-state index contributed by atoms with van der Waals surface area (Å²) in [6.07, 6.45) is 2.77. The summed E-state index contributed by atoms with van der Waals surface area (Å²) in [5, 5.41) is 14.7. The van der Waals surface area contributed by atoms with Crippen LogP contribution in [0.1, 0.15) is 26.9 Å². The predicted octanol–water partition coefficient (Wildman–Crippen LogP) is -0.537. The molecule has 1 amide bonds. The van der Waals surface area contributed by atoms with Crippen LogP contribution in [0.4, 0.5) is 0 Å². The molecule has 9 nitrogen and oxygen atoms in total. The summed E-state index contributed by atoms with van der Waals surface area (Å²) in [7, 11) is 0. The van der Waals surface area contributed by atoms with Crippen molar-refractivity contribution >= 4 is 11.9 Å². The van der Waals surface area contributed by atoms with Gasteiger partial charge in [0, 0.05) is 13.0 Å². The summed E-state index contributed by atoms with van der Waals surface area (Å²) in [4.78, 5) is 32.2. The predicted molar refractivity (Wildman–Crippen MR) is 55.9 cm³/mol. The SMILES string of the molecule is O=C(NCCc1ncno1)c1nc[nH]c1C(=O)O. The number of H-pyrrole nitrogens is 1. The summed E-state index contributed by atoms with van der Waals surface area (Å²) < 4.78 is 4.74. The van der Waals surface area contributed by atoms with Crippen LogP contribution in [0, 0.1) is 0 Å². The highest BCUT2D eigenvalue weighted by atomic mass is 16.5. The Hall–Kier alpha value is -2.71. The summed E-state index contributed by atoms with van der Waals surface area (Å²) in [6, 6.07) is 0. The van der Waals surface area contributed by atoms with Crippen molar-refractivity contribution in [3.8, 4) is 0 Å². The molecule has 0 saturated carbocycles. The number of hydrogen-bond donors (Lipinski definition) is 3. The van der Waals surface area contributed by atoms with Crippen molar-refractivity contribution in [2.75, 3.05) is 6.54 Å². The van der Waals surface area contributed by atoms with E-state index in [2.05, 4.69) is 25.4 Å². The molecule has 18 heavy (non-hydrogen) atoms. The number of aromatic carboxylic acids is 1. The van der Waals surface area contributed by atoms with Gasteiger partial charge in [0.05, 0.1) is 6.33 Å². The van der Waals surface area contributed by atoms with Crippen LogP contribution in [0.2, 0.25) is 0 Å². The average molecular weight is 251 g/mol. The largest absolute Gasteiger partial charge is 0.477 e. The minimum atomic E-state index is -1.24. The van der Waals surface area contributed by atoms with E-state index < -0.39 is 11.9 Å². The van der Waals surface area contributed by atoms with E-state index in [-0.39, 0.29) is 17.9 Å². The monoisotopic (exact) mass is 251 g/mol. The molecule has 0 saturated heterocycles. The van der Waals surface area contributed by atoms with E-state index >= 15 is 0 Å². The number of imidazole rings is 1. The molecule has 0 atom stereocenters. The number of hydrogen-bond acceptors (Lipinski definition) is 6. The lowest BCUT2D eigenvalue weighted by Crippen LogP contribution is -2.27. The molecule has 0 aromatic carbocycles. The first kappa shape index (κ1) is 11.8. The normalized spacial score (nSPS) is 10.2. The van der Waals surface area contributed by atoms with Crippen LogP contribution in [-0.4, -0.2) is 43.6 Å². The fourth-order valence-corrected chi connectivity index (χ4v) is 1.30. The van der Waals surface area contributed by atoms with Gasteiger partial charge in [0.2, 0.25) is 5.89 Å². The van der Waals surface area contributed by atoms with E-state index in [1.807, 2.05) is 0 Å². The lowest BCUT2D eigenvalue weighted by Gasteiger charge is -2.01. The Labute approximate surface area is 100 Å². The highest BCUT2D eigenvalue weighted by Gasteiger charge is 2.19. The minimum Gasteiger partial charge on any atom is -0.477 e. The summed E-state index contributed by atoms with van der Waals surface area (Å²) >= 11 is 0. The van der Waals surface area contributed by atoms with Crippen molar-refractivity contribution in [3.63, 3.8) is 0 Å². The third kappa shape index (κ3) is 2.51. The highest BCUT2D eigenvalue weighted by molar-refractivity contribution is 6.02. The minimum absolute atomic E-state index is 0.159. The number of carboxylic acids is 1. The molecule has 2 aromatic heterocycles. The maximum absolute atomic E-state index is 11.6. The fourth-order valence-electron chi connectivity index (χ4n) is 1.30. The molecule has 94 valence electrons. The van der Waals surface area contributed by atoms with Crippen molar-refractivity contribution in [2.24, 2.45) is 0 Å². The first-order chi connectivity index (χ1) is 8.68. The summed E-state index contributed by atoms with van der Waals surface area (Å²) in [6.45, 7) is 0.243. The van der Waals surface area contributed by atoms with Crippen LogP contribution in [0.5, 0.6) is 0 Å². The molecule has 0 bridgehead atoms. The van der Waals surface area contributed by atoms with Gasteiger partial charge in [-0.3, -0.25) is 4.79 Å². The lowest BCUT2D eigenvalue weighted by atomic mass is 10.3. The molecular formula is C9H9N5O4. The molecule has 0 aliphatic carbocycles. The number of nitrogens with zero attached hydrogens (tertiary/aromatic N) is 3. The maximum Gasteiger partial charge on any atom is 0.354 e. The van der Waals surface area contributed by atoms with Gasteiger partial charge in [-0.15, -0.1) is 0 Å². The van der Waals surface area contributed by atoms with E-state index in [0.717, 1.165) is 6.33 Å². The molecule has 2 rings (SSSR count). The van der Waals surface area contributed by atoms with E-state index in [9.17, 15) is 9.59 Å². The Kier molecular flexibility index (Phi) is 3.32. The molecule has 2 heterocycles. The Balaban J connectivity index is 1.91. The molecule has 3 N–H and O–H groups in total. The van der Waals surface area contributed by atoms with Crippen LogP contribution in [0.15, 0.2) is 17.2 Å². The molecule has 9 heteroatoms. The number of carbonyl (C=O) groups is 2. The topological polar surface area (TPSA) is 134 Å². The number of amides is 1. The Bertz CT molecular complexity index is 547. The third-order valence-corrected chi connectivity index (χ3v) is 2.10. The Morgan fingerprint density at radius 1 is 1.44 bits per heavy atom. The second-order valence-electron chi connectivity index (χ2n) is 3.27. The van der Waals surface area contributed by atoms with Gasteiger partial charge in [0.25, 0.3) is 5.91 Å². The second-order valence-corrected chi connectivity index (χ2v) is 3.27. The molecule has 0 spiro atoms. The van der Waals surface area contributed by atoms with Gasteiger partial charge in [-0.25, -0.2) is 9.78 Å².